The fourth-order valence-electron chi connectivity index (χ4n) is 2.91. The Labute approximate surface area is 165 Å². The van der Waals surface area contributed by atoms with Gasteiger partial charge < -0.3 is 5.32 Å². The number of hydrogen-bond acceptors (Lipinski definition) is 4. The summed E-state index contributed by atoms with van der Waals surface area (Å²) in [4.78, 5) is 16.9. The van der Waals surface area contributed by atoms with Crippen LogP contribution in [0.3, 0.4) is 0 Å². The first kappa shape index (κ1) is 20.0. The Kier molecular flexibility index (Phi) is 6.06. The molecule has 1 atom stereocenters. The number of aromatic nitrogens is 1. The van der Waals surface area contributed by atoms with Crippen LogP contribution < -0.4 is 10.0 Å². The highest BCUT2D eigenvalue weighted by Crippen LogP contribution is 2.21. The lowest BCUT2D eigenvalue weighted by Crippen LogP contribution is -2.49. The van der Waals surface area contributed by atoms with Crippen LogP contribution in [0.5, 0.6) is 0 Å². The van der Waals surface area contributed by atoms with Crippen LogP contribution in [0, 0.1) is 5.92 Å². The zero-order valence-corrected chi connectivity index (χ0v) is 16.6. The van der Waals surface area contributed by atoms with E-state index in [1.165, 1.54) is 6.07 Å². The lowest BCUT2D eigenvalue weighted by atomic mass is 10.0. The summed E-state index contributed by atoms with van der Waals surface area (Å²) < 4.78 is 28.6. The molecule has 1 heterocycles. The summed E-state index contributed by atoms with van der Waals surface area (Å²) in [6.07, 6.45) is 1.55. The first-order chi connectivity index (χ1) is 13.4. The van der Waals surface area contributed by atoms with Crippen molar-refractivity contribution in [2.24, 2.45) is 5.92 Å². The molecule has 2 aromatic carbocycles. The molecule has 0 aliphatic carbocycles. The van der Waals surface area contributed by atoms with Crippen molar-refractivity contribution < 1.29 is 13.2 Å². The van der Waals surface area contributed by atoms with Gasteiger partial charge in [0.25, 0.3) is 0 Å². The van der Waals surface area contributed by atoms with Crippen LogP contribution in [0.25, 0.3) is 10.9 Å². The Morgan fingerprint density at radius 3 is 2.43 bits per heavy atom. The molecule has 6 nitrogen and oxygen atoms in total. The van der Waals surface area contributed by atoms with E-state index in [0.29, 0.717) is 12.1 Å². The maximum Gasteiger partial charge on any atom is 0.243 e. The molecule has 146 valence electrons. The van der Waals surface area contributed by atoms with Crippen LogP contribution in [-0.2, 0) is 21.4 Å². The maximum absolute atomic E-state index is 13.0. The standard InChI is InChI=1S/C21H23N3O3S/c1-15(2)19(21(25)23-14-16-8-4-3-5-9-16)24-28(26,27)18-12-6-10-17-11-7-13-22-20(17)18/h3-13,15,19,24H,14H2,1-2H3,(H,23,25)/t19-/m1/s1. The minimum atomic E-state index is -3.93. The molecule has 28 heavy (non-hydrogen) atoms. The molecule has 3 rings (SSSR count). The summed E-state index contributed by atoms with van der Waals surface area (Å²) in [5.41, 5.74) is 1.32. The van der Waals surface area contributed by atoms with Gasteiger partial charge in [-0.3, -0.25) is 9.78 Å². The van der Waals surface area contributed by atoms with Crippen molar-refractivity contribution in [3.63, 3.8) is 0 Å². The highest BCUT2D eigenvalue weighted by Gasteiger charge is 2.29. The minimum absolute atomic E-state index is 0.0621. The molecular weight excluding hydrogens is 374 g/mol. The molecule has 1 amide bonds. The second kappa shape index (κ2) is 8.50. The summed E-state index contributed by atoms with van der Waals surface area (Å²) in [7, 11) is -3.93. The van der Waals surface area contributed by atoms with Crippen molar-refractivity contribution in [1.29, 1.82) is 0 Å². The van der Waals surface area contributed by atoms with Crippen LogP contribution in [0.1, 0.15) is 19.4 Å². The zero-order chi connectivity index (χ0) is 20.1. The quantitative estimate of drug-likeness (QED) is 0.642. The lowest BCUT2D eigenvalue weighted by Gasteiger charge is -2.22. The number of carbonyl (C=O) groups excluding carboxylic acids is 1. The van der Waals surface area contributed by atoms with Crippen molar-refractivity contribution >= 4 is 26.8 Å². The summed E-state index contributed by atoms with van der Waals surface area (Å²) in [5.74, 6) is -0.593. The van der Waals surface area contributed by atoms with Gasteiger partial charge >= 0.3 is 0 Å². The van der Waals surface area contributed by atoms with E-state index in [0.717, 1.165) is 10.9 Å². The molecule has 0 fully saturated rings. The third kappa shape index (κ3) is 4.55. The summed E-state index contributed by atoms with van der Waals surface area (Å²) >= 11 is 0. The molecule has 2 N–H and O–H groups in total. The predicted octanol–water partition coefficient (Wildman–Crippen LogP) is 2.85. The van der Waals surface area contributed by atoms with Gasteiger partial charge in [0.15, 0.2) is 0 Å². The van der Waals surface area contributed by atoms with E-state index in [-0.39, 0.29) is 16.7 Å². The van der Waals surface area contributed by atoms with Crippen LogP contribution in [0.4, 0.5) is 0 Å². The van der Waals surface area contributed by atoms with Gasteiger partial charge in [0.2, 0.25) is 15.9 Å². The van der Waals surface area contributed by atoms with E-state index >= 15 is 0 Å². The minimum Gasteiger partial charge on any atom is -0.351 e. The number of hydrogen-bond donors (Lipinski definition) is 2. The molecule has 0 saturated heterocycles. The molecule has 0 aliphatic heterocycles. The Bertz CT molecular complexity index is 1060. The number of sulfonamides is 1. The average molecular weight is 398 g/mol. The van der Waals surface area contributed by atoms with Crippen molar-refractivity contribution in [2.75, 3.05) is 0 Å². The van der Waals surface area contributed by atoms with E-state index in [9.17, 15) is 13.2 Å². The Balaban J connectivity index is 1.81. The summed E-state index contributed by atoms with van der Waals surface area (Å²) in [6.45, 7) is 3.94. The number of amides is 1. The Hall–Kier alpha value is -2.77. The number of pyridine rings is 1. The van der Waals surface area contributed by atoms with Gasteiger partial charge in [0.1, 0.15) is 10.9 Å². The number of carbonyl (C=O) groups is 1. The number of rotatable bonds is 7. The fraction of sp³-hybridized carbons (Fsp3) is 0.238. The number of para-hydroxylation sites is 1. The largest absolute Gasteiger partial charge is 0.351 e. The van der Waals surface area contributed by atoms with E-state index < -0.39 is 16.1 Å². The number of nitrogens with zero attached hydrogens (tertiary/aromatic N) is 1. The lowest BCUT2D eigenvalue weighted by molar-refractivity contribution is -0.123. The third-order valence-electron chi connectivity index (χ3n) is 4.43. The average Bonchev–Trinajstić information content (AvgIpc) is 2.70. The van der Waals surface area contributed by atoms with Crippen molar-refractivity contribution in [1.82, 2.24) is 15.0 Å². The highest BCUT2D eigenvalue weighted by molar-refractivity contribution is 7.89. The fourth-order valence-corrected chi connectivity index (χ4v) is 4.43. The van der Waals surface area contributed by atoms with Gasteiger partial charge in [-0.2, -0.15) is 4.72 Å². The van der Waals surface area contributed by atoms with Crippen LogP contribution in [-0.4, -0.2) is 25.4 Å². The second-order valence-electron chi connectivity index (χ2n) is 6.88. The SMILES string of the molecule is CC(C)[C@@H](NS(=O)(=O)c1cccc2cccnc12)C(=O)NCc1ccccc1. The molecule has 0 radical (unpaired) electrons. The molecule has 0 unspecified atom stereocenters. The Morgan fingerprint density at radius 2 is 1.71 bits per heavy atom. The molecule has 3 aromatic rings. The van der Waals surface area contributed by atoms with E-state index in [1.54, 1.807) is 44.3 Å². The highest BCUT2D eigenvalue weighted by atomic mass is 32.2. The number of benzene rings is 2. The van der Waals surface area contributed by atoms with Gasteiger partial charge in [-0.05, 0) is 23.6 Å². The zero-order valence-electron chi connectivity index (χ0n) is 15.8. The third-order valence-corrected chi connectivity index (χ3v) is 5.90. The first-order valence-electron chi connectivity index (χ1n) is 9.06. The summed E-state index contributed by atoms with van der Waals surface area (Å²) in [6, 6.07) is 17.1. The summed E-state index contributed by atoms with van der Waals surface area (Å²) in [5, 5.41) is 3.53. The normalized spacial score (nSPS) is 12.8. The van der Waals surface area contributed by atoms with Crippen LogP contribution in [0.15, 0.2) is 71.8 Å². The smallest absolute Gasteiger partial charge is 0.243 e. The molecule has 0 spiro atoms. The molecular formula is C21H23N3O3S. The van der Waals surface area contributed by atoms with Crippen LogP contribution >= 0.6 is 0 Å². The van der Waals surface area contributed by atoms with E-state index in [1.807, 2.05) is 30.3 Å². The Morgan fingerprint density at radius 1 is 1.00 bits per heavy atom. The van der Waals surface area contributed by atoms with Crippen molar-refractivity contribution in [3.8, 4) is 0 Å². The molecule has 0 bridgehead atoms. The maximum atomic E-state index is 13.0. The van der Waals surface area contributed by atoms with E-state index in [4.69, 9.17) is 0 Å². The molecule has 1 aromatic heterocycles. The monoisotopic (exact) mass is 397 g/mol. The van der Waals surface area contributed by atoms with Gasteiger partial charge in [-0.15, -0.1) is 0 Å². The van der Waals surface area contributed by atoms with Crippen molar-refractivity contribution in [2.45, 2.75) is 31.3 Å². The van der Waals surface area contributed by atoms with E-state index in [2.05, 4.69) is 15.0 Å². The molecule has 0 aliphatic rings. The first-order valence-corrected chi connectivity index (χ1v) is 10.5. The van der Waals surface area contributed by atoms with Gasteiger partial charge in [-0.1, -0.05) is 62.4 Å². The molecule has 7 heteroatoms. The van der Waals surface area contributed by atoms with Gasteiger partial charge in [0, 0.05) is 18.1 Å². The second-order valence-corrected chi connectivity index (χ2v) is 8.56. The topological polar surface area (TPSA) is 88.2 Å². The van der Waals surface area contributed by atoms with Crippen LogP contribution in [0.2, 0.25) is 0 Å². The number of nitrogens with one attached hydrogen (secondary N) is 2. The van der Waals surface area contributed by atoms with Gasteiger partial charge in [-0.25, -0.2) is 8.42 Å². The number of fused-ring (bicyclic) bond motifs is 1. The van der Waals surface area contributed by atoms with Crippen molar-refractivity contribution in [3.05, 3.63) is 72.4 Å². The van der Waals surface area contributed by atoms with Gasteiger partial charge in [0.05, 0.1) is 5.52 Å². The molecule has 0 saturated carbocycles. The predicted molar refractivity (Wildman–Crippen MR) is 109 cm³/mol.